The molecule has 39 heavy (non-hydrogen) atoms. The van der Waals surface area contributed by atoms with Gasteiger partial charge in [0.25, 0.3) is 0 Å². The van der Waals surface area contributed by atoms with E-state index in [2.05, 4.69) is 88.9 Å². The Hall–Kier alpha value is -2.66. The van der Waals surface area contributed by atoms with Crippen molar-refractivity contribution in [3.63, 3.8) is 0 Å². The zero-order valence-electron chi connectivity index (χ0n) is 26.1. The topological polar surface area (TPSA) is 63.9 Å². The fourth-order valence-corrected chi connectivity index (χ4v) is 4.96. The van der Waals surface area contributed by atoms with Crippen LogP contribution in [-0.2, 0) is 27.6 Å². The summed E-state index contributed by atoms with van der Waals surface area (Å²) in [5.74, 6) is 0. The van der Waals surface area contributed by atoms with Crippen LogP contribution in [0.5, 0.6) is 0 Å². The molecule has 0 heterocycles. The van der Waals surface area contributed by atoms with Gasteiger partial charge >= 0.3 is 0 Å². The highest BCUT2D eigenvalue weighted by atomic mass is 16.3. The van der Waals surface area contributed by atoms with Crippen LogP contribution in [0, 0.1) is 0 Å². The standard InChI is InChI=1S/C35H49NO3/c1-31(2,3)23-16-19-25(20-17-23)36(29-21-18-24(32(4,5)6)22-28(29)35(11,12)39)30-26(33(7,8)37)14-13-15-27(30)34(9,10)38/h13-22,37-39H,1-12H3. The molecule has 212 valence electrons. The van der Waals surface area contributed by atoms with Crippen LogP contribution in [-0.4, -0.2) is 15.3 Å². The maximum absolute atomic E-state index is 11.5. The molecule has 3 N–H and O–H groups in total. The minimum atomic E-state index is -1.19. The second-order valence-electron chi connectivity index (χ2n) is 14.5. The van der Waals surface area contributed by atoms with Crippen LogP contribution < -0.4 is 4.90 Å². The normalized spacial score (nSPS) is 13.5. The first-order valence-electron chi connectivity index (χ1n) is 13.9. The Labute approximate surface area is 236 Å². The van der Waals surface area contributed by atoms with Crippen LogP contribution in [0.1, 0.15) is 111 Å². The zero-order valence-corrected chi connectivity index (χ0v) is 26.1. The third-order valence-corrected chi connectivity index (χ3v) is 7.33. The summed E-state index contributed by atoms with van der Waals surface area (Å²) >= 11 is 0. The van der Waals surface area contributed by atoms with Crippen molar-refractivity contribution in [2.75, 3.05) is 4.90 Å². The van der Waals surface area contributed by atoms with Gasteiger partial charge in [0.1, 0.15) is 0 Å². The zero-order chi connectivity index (χ0) is 29.8. The quantitative estimate of drug-likeness (QED) is 0.299. The average molecular weight is 532 g/mol. The Morgan fingerprint density at radius 3 is 1.28 bits per heavy atom. The number of hydrogen-bond acceptors (Lipinski definition) is 4. The molecule has 0 saturated heterocycles. The molecule has 0 unspecified atom stereocenters. The first-order chi connectivity index (χ1) is 17.5. The predicted molar refractivity (Wildman–Crippen MR) is 164 cm³/mol. The van der Waals surface area contributed by atoms with E-state index in [-0.39, 0.29) is 10.8 Å². The van der Waals surface area contributed by atoms with Gasteiger partial charge in [-0.25, -0.2) is 0 Å². The lowest BCUT2D eigenvalue weighted by Crippen LogP contribution is -2.29. The Morgan fingerprint density at radius 2 is 0.897 bits per heavy atom. The van der Waals surface area contributed by atoms with Crippen molar-refractivity contribution in [3.05, 3.63) is 88.5 Å². The molecule has 3 rings (SSSR count). The fraction of sp³-hybridized carbons (Fsp3) is 0.486. The summed E-state index contributed by atoms with van der Waals surface area (Å²) in [5.41, 5.74) is 3.16. The van der Waals surface area contributed by atoms with Gasteiger partial charge < -0.3 is 20.2 Å². The Morgan fingerprint density at radius 1 is 0.487 bits per heavy atom. The third kappa shape index (κ3) is 6.74. The molecule has 4 nitrogen and oxygen atoms in total. The molecule has 0 aliphatic heterocycles. The van der Waals surface area contributed by atoms with Gasteiger partial charge in [0.15, 0.2) is 0 Å². The van der Waals surface area contributed by atoms with E-state index >= 15 is 0 Å². The van der Waals surface area contributed by atoms with Crippen molar-refractivity contribution in [3.8, 4) is 0 Å². The molecule has 0 radical (unpaired) electrons. The van der Waals surface area contributed by atoms with E-state index in [0.29, 0.717) is 16.8 Å². The number of nitrogens with zero attached hydrogens (tertiary/aromatic N) is 1. The molecule has 3 aromatic carbocycles. The second kappa shape index (κ2) is 10.1. The van der Waals surface area contributed by atoms with Gasteiger partial charge in [0, 0.05) is 22.4 Å². The Bertz CT molecular complexity index is 1270. The highest BCUT2D eigenvalue weighted by molar-refractivity contribution is 5.84. The molecular formula is C35H49NO3. The van der Waals surface area contributed by atoms with E-state index in [1.165, 1.54) is 5.56 Å². The monoisotopic (exact) mass is 531 g/mol. The smallest absolute Gasteiger partial charge is 0.0860 e. The SMILES string of the molecule is CC(C)(C)c1ccc(N(c2ccc(C(C)(C)C)cc2C(C)(C)O)c2c(C(C)(C)O)cccc2C(C)(C)O)cc1. The molecule has 0 saturated carbocycles. The number of hydrogen-bond donors (Lipinski definition) is 3. The molecular weight excluding hydrogens is 482 g/mol. The predicted octanol–water partition coefficient (Wildman–Crippen LogP) is 8.43. The summed E-state index contributed by atoms with van der Waals surface area (Å²) < 4.78 is 0. The highest BCUT2D eigenvalue weighted by Crippen LogP contribution is 2.48. The first-order valence-corrected chi connectivity index (χ1v) is 13.9. The summed E-state index contributed by atoms with van der Waals surface area (Å²) in [5, 5.41) is 34.2. The Kier molecular flexibility index (Phi) is 7.97. The number of rotatable bonds is 6. The summed E-state index contributed by atoms with van der Waals surface area (Å²) in [4.78, 5) is 2.09. The summed E-state index contributed by atoms with van der Waals surface area (Å²) in [6.07, 6.45) is 0. The van der Waals surface area contributed by atoms with Gasteiger partial charge in [0.2, 0.25) is 0 Å². The molecule has 0 atom stereocenters. The first kappa shape index (κ1) is 30.9. The van der Waals surface area contributed by atoms with Crippen molar-refractivity contribution in [2.45, 2.75) is 111 Å². The second-order valence-corrected chi connectivity index (χ2v) is 14.5. The molecule has 0 fully saturated rings. The van der Waals surface area contributed by atoms with Crippen molar-refractivity contribution in [1.29, 1.82) is 0 Å². The fourth-order valence-electron chi connectivity index (χ4n) is 4.96. The maximum Gasteiger partial charge on any atom is 0.0860 e. The third-order valence-electron chi connectivity index (χ3n) is 7.33. The van der Waals surface area contributed by atoms with E-state index in [4.69, 9.17) is 0 Å². The lowest BCUT2D eigenvalue weighted by Gasteiger charge is -2.38. The van der Waals surface area contributed by atoms with Crippen LogP contribution in [0.3, 0.4) is 0 Å². The van der Waals surface area contributed by atoms with Gasteiger partial charge in [-0.3, -0.25) is 0 Å². The number of anilines is 3. The van der Waals surface area contributed by atoms with Crippen molar-refractivity contribution in [1.82, 2.24) is 0 Å². The minimum Gasteiger partial charge on any atom is -0.386 e. The number of para-hydroxylation sites is 1. The molecule has 0 amide bonds. The largest absolute Gasteiger partial charge is 0.386 e. The van der Waals surface area contributed by atoms with Crippen LogP contribution in [0.15, 0.2) is 60.7 Å². The lowest BCUT2D eigenvalue weighted by atomic mass is 9.82. The molecule has 0 bridgehead atoms. The average Bonchev–Trinajstić information content (AvgIpc) is 2.76. The molecule has 0 aliphatic carbocycles. The number of benzene rings is 3. The van der Waals surface area contributed by atoms with E-state index in [1.807, 2.05) is 18.2 Å². The van der Waals surface area contributed by atoms with Crippen LogP contribution in [0.2, 0.25) is 0 Å². The van der Waals surface area contributed by atoms with Crippen molar-refractivity contribution >= 4 is 17.1 Å². The summed E-state index contributed by atoms with van der Waals surface area (Å²) in [7, 11) is 0. The Balaban J connectivity index is 2.53. The van der Waals surface area contributed by atoms with Crippen LogP contribution >= 0.6 is 0 Å². The molecule has 4 heteroatoms. The lowest BCUT2D eigenvalue weighted by molar-refractivity contribution is 0.0730. The van der Waals surface area contributed by atoms with E-state index < -0.39 is 16.8 Å². The van der Waals surface area contributed by atoms with Gasteiger partial charge in [-0.1, -0.05) is 84.0 Å². The van der Waals surface area contributed by atoms with E-state index in [1.54, 1.807) is 41.5 Å². The summed E-state index contributed by atoms with van der Waals surface area (Å²) in [6, 6.07) is 20.4. The molecule has 0 spiro atoms. The van der Waals surface area contributed by atoms with E-state index in [9.17, 15) is 15.3 Å². The van der Waals surface area contributed by atoms with Gasteiger partial charge in [0.05, 0.1) is 28.2 Å². The molecule has 0 aromatic heterocycles. The minimum absolute atomic E-state index is 0.0147. The summed E-state index contributed by atoms with van der Waals surface area (Å²) in [6.45, 7) is 23.7. The van der Waals surface area contributed by atoms with Crippen molar-refractivity contribution < 1.29 is 15.3 Å². The van der Waals surface area contributed by atoms with Crippen LogP contribution in [0.25, 0.3) is 0 Å². The van der Waals surface area contributed by atoms with Crippen LogP contribution in [0.4, 0.5) is 17.1 Å². The maximum atomic E-state index is 11.5. The number of aliphatic hydroxyl groups is 3. The van der Waals surface area contributed by atoms with E-state index in [0.717, 1.165) is 22.5 Å². The molecule has 0 aliphatic rings. The van der Waals surface area contributed by atoms with Gasteiger partial charge in [-0.2, -0.15) is 0 Å². The van der Waals surface area contributed by atoms with Crippen molar-refractivity contribution in [2.24, 2.45) is 0 Å². The van der Waals surface area contributed by atoms with Gasteiger partial charge in [-0.15, -0.1) is 0 Å². The highest BCUT2D eigenvalue weighted by Gasteiger charge is 2.35. The van der Waals surface area contributed by atoms with Gasteiger partial charge in [-0.05, 0) is 81.7 Å². The molecule has 3 aromatic rings.